The van der Waals surface area contributed by atoms with Crippen molar-refractivity contribution in [1.29, 1.82) is 0 Å². The van der Waals surface area contributed by atoms with E-state index in [-0.39, 0.29) is 5.54 Å². The van der Waals surface area contributed by atoms with E-state index in [1.54, 1.807) is 0 Å². The molecule has 2 rings (SSSR count). The Hall–Kier alpha value is -0.0800. The molecule has 0 amide bonds. The molecule has 0 bridgehead atoms. The maximum Gasteiger partial charge on any atom is 0.00967 e. The molecule has 1 saturated carbocycles. The second-order valence-corrected chi connectivity index (χ2v) is 8.77. The Balaban J connectivity index is 1.97. The number of likely N-dealkylation sites (tertiary alicyclic amines) is 1. The lowest BCUT2D eigenvalue weighted by atomic mass is 9.82. The van der Waals surface area contributed by atoms with Crippen LogP contribution in [0.15, 0.2) is 0 Å². The minimum absolute atomic E-state index is 0.246. The molecule has 2 heteroatoms. The first kappa shape index (κ1) is 16.3. The van der Waals surface area contributed by atoms with Gasteiger partial charge in [0.2, 0.25) is 0 Å². The van der Waals surface area contributed by atoms with Crippen molar-refractivity contribution in [2.45, 2.75) is 84.7 Å². The Morgan fingerprint density at radius 2 is 1.75 bits per heavy atom. The topological polar surface area (TPSA) is 15.3 Å². The van der Waals surface area contributed by atoms with Gasteiger partial charge in [-0.3, -0.25) is 4.90 Å². The van der Waals surface area contributed by atoms with Crippen LogP contribution in [0.4, 0.5) is 0 Å². The third-order valence-corrected chi connectivity index (χ3v) is 5.44. The summed E-state index contributed by atoms with van der Waals surface area (Å²) in [5.74, 6) is 0.889. The second kappa shape index (κ2) is 6.36. The predicted molar refractivity (Wildman–Crippen MR) is 88.1 cm³/mol. The Morgan fingerprint density at radius 1 is 1.10 bits per heavy atom. The summed E-state index contributed by atoms with van der Waals surface area (Å²) in [6.45, 7) is 15.6. The van der Waals surface area contributed by atoms with E-state index in [1.807, 2.05) is 0 Å². The zero-order chi connectivity index (χ0) is 14.8. The number of piperidine rings is 1. The van der Waals surface area contributed by atoms with Crippen LogP contribution >= 0.6 is 0 Å². The highest BCUT2D eigenvalue weighted by molar-refractivity contribution is 4.93. The fraction of sp³-hybridized carbons (Fsp3) is 1.00. The number of rotatable bonds is 4. The first-order valence-corrected chi connectivity index (χ1v) is 8.79. The van der Waals surface area contributed by atoms with Crippen LogP contribution in [0.25, 0.3) is 0 Å². The number of nitrogens with one attached hydrogen (secondary N) is 1. The lowest BCUT2D eigenvalue weighted by Gasteiger charge is -2.43. The van der Waals surface area contributed by atoms with Crippen molar-refractivity contribution in [3.8, 4) is 0 Å². The summed E-state index contributed by atoms with van der Waals surface area (Å²) >= 11 is 0. The molecule has 2 atom stereocenters. The van der Waals surface area contributed by atoms with E-state index in [9.17, 15) is 0 Å². The van der Waals surface area contributed by atoms with Crippen molar-refractivity contribution in [2.75, 3.05) is 19.6 Å². The third-order valence-electron chi connectivity index (χ3n) is 5.44. The minimum Gasteiger partial charge on any atom is -0.311 e. The molecule has 2 aliphatic rings. The first-order chi connectivity index (χ1) is 9.30. The smallest absolute Gasteiger partial charge is 0.00967 e. The highest BCUT2D eigenvalue weighted by atomic mass is 15.2. The van der Waals surface area contributed by atoms with Gasteiger partial charge in [-0.2, -0.15) is 0 Å². The summed E-state index contributed by atoms with van der Waals surface area (Å²) in [6, 6.07) is 0.790. The maximum absolute atomic E-state index is 3.79. The van der Waals surface area contributed by atoms with Gasteiger partial charge in [-0.1, -0.05) is 19.8 Å². The largest absolute Gasteiger partial charge is 0.311 e. The summed E-state index contributed by atoms with van der Waals surface area (Å²) in [5.41, 5.74) is 0.787. The fourth-order valence-electron chi connectivity index (χ4n) is 4.00. The van der Waals surface area contributed by atoms with Crippen LogP contribution < -0.4 is 5.32 Å². The number of hydrogen-bond donors (Lipinski definition) is 1. The van der Waals surface area contributed by atoms with E-state index < -0.39 is 0 Å². The van der Waals surface area contributed by atoms with E-state index in [0.29, 0.717) is 5.41 Å². The molecule has 0 radical (unpaired) electrons. The highest BCUT2D eigenvalue weighted by Crippen LogP contribution is 2.40. The Labute approximate surface area is 126 Å². The van der Waals surface area contributed by atoms with Crippen molar-refractivity contribution in [1.82, 2.24) is 10.2 Å². The van der Waals surface area contributed by atoms with Crippen molar-refractivity contribution in [3.63, 3.8) is 0 Å². The van der Waals surface area contributed by atoms with Gasteiger partial charge in [-0.05, 0) is 64.7 Å². The molecule has 1 heterocycles. The lowest BCUT2D eigenvalue weighted by Crippen LogP contribution is -2.51. The van der Waals surface area contributed by atoms with Gasteiger partial charge < -0.3 is 5.32 Å². The number of nitrogens with zero attached hydrogens (tertiary/aromatic N) is 1. The molecule has 1 aliphatic heterocycles. The molecule has 1 aliphatic carbocycles. The SMILES string of the molecule is CC1CCC(C)N(CC2(CNC(C)(C)C)CCCC2)C1. The molecule has 0 aromatic carbocycles. The maximum atomic E-state index is 3.79. The van der Waals surface area contributed by atoms with Crippen molar-refractivity contribution in [3.05, 3.63) is 0 Å². The van der Waals surface area contributed by atoms with Gasteiger partial charge in [0.15, 0.2) is 0 Å². The Morgan fingerprint density at radius 3 is 2.35 bits per heavy atom. The van der Waals surface area contributed by atoms with Crippen molar-refractivity contribution in [2.24, 2.45) is 11.3 Å². The summed E-state index contributed by atoms with van der Waals surface area (Å²) < 4.78 is 0. The first-order valence-electron chi connectivity index (χ1n) is 8.79. The number of hydrogen-bond acceptors (Lipinski definition) is 2. The van der Waals surface area contributed by atoms with Crippen LogP contribution in [0.3, 0.4) is 0 Å². The average molecular weight is 280 g/mol. The van der Waals surface area contributed by atoms with Crippen LogP contribution in [0.5, 0.6) is 0 Å². The lowest BCUT2D eigenvalue weighted by molar-refractivity contribution is 0.0645. The molecule has 1 N–H and O–H groups in total. The van der Waals surface area contributed by atoms with Crippen LogP contribution in [-0.2, 0) is 0 Å². The fourth-order valence-corrected chi connectivity index (χ4v) is 4.00. The molecule has 2 unspecified atom stereocenters. The van der Waals surface area contributed by atoms with Gasteiger partial charge in [0.1, 0.15) is 0 Å². The van der Waals surface area contributed by atoms with E-state index in [2.05, 4.69) is 44.8 Å². The van der Waals surface area contributed by atoms with E-state index >= 15 is 0 Å². The molecule has 0 aromatic rings. The van der Waals surface area contributed by atoms with Gasteiger partial charge in [0, 0.05) is 31.2 Å². The zero-order valence-electron chi connectivity index (χ0n) is 14.5. The van der Waals surface area contributed by atoms with Gasteiger partial charge in [0.25, 0.3) is 0 Å². The van der Waals surface area contributed by atoms with Crippen molar-refractivity contribution < 1.29 is 0 Å². The highest BCUT2D eigenvalue weighted by Gasteiger charge is 2.38. The summed E-state index contributed by atoms with van der Waals surface area (Å²) in [6.07, 6.45) is 8.53. The van der Waals surface area contributed by atoms with Crippen molar-refractivity contribution >= 4 is 0 Å². The van der Waals surface area contributed by atoms with Crippen LogP contribution in [-0.4, -0.2) is 36.1 Å². The van der Waals surface area contributed by atoms with Gasteiger partial charge in [-0.15, -0.1) is 0 Å². The zero-order valence-corrected chi connectivity index (χ0v) is 14.5. The molecule has 1 saturated heterocycles. The van der Waals surface area contributed by atoms with Crippen LogP contribution in [0.1, 0.15) is 73.1 Å². The predicted octanol–water partition coefficient (Wildman–Crippen LogP) is 4.06. The molecule has 20 heavy (non-hydrogen) atoms. The van der Waals surface area contributed by atoms with E-state index in [0.717, 1.165) is 12.0 Å². The summed E-state index contributed by atoms with van der Waals surface area (Å²) in [4.78, 5) is 2.80. The molecule has 0 spiro atoms. The van der Waals surface area contributed by atoms with E-state index in [4.69, 9.17) is 0 Å². The Bertz CT molecular complexity index is 299. The molecule has 0 aromatic heterocycles. The molecule has 2 fully saturated rings. The average Bonchev–Trinajstić information content (AvgIpc) is 2.80. The standard InChI is InChI=1S/C18H36N2/c1-15-8-9-16(2)20(12-15)14-18(10-6-7-11-18)13-19-17(3,4)5/h15-16,19H,6-14H2,1-5H3. The second-order valence-electron chi connectivity index (χ2n) is 8.77. The van der Waals surface area contributed by atoms with Crippen LogP contribution in [0, 0.1) is 11.3 Å². The van der Waals surface area contributed by atoms with Gasteiger partial charge in [0.05, 0.1) is 0 Å². The molecular formula is C18H36N2. The van der Waals surface area contributed by atoms with Gasteiger partial charge in [-0.25, -0.2) is 0 Å². The van der Waals surface area contributed by atoms with Gasteiger partial charge >= 0.3 is 0 Å². The normalized spacial score (nSPS) is 31.6. The molecule has 118 valence electrons. The summed E-state index contributed by atoms with van der Waals surface area (Å²) in [7, 11) is 0. The van der Waals surface area contributed by atoms with Crippen LogP contribution in [0.2, 0.25) is 0 Å². The monoisotopic (exact) mass is 280 g/mol. The quantitative estimate of drug-likeness (QED) is 0.835. The third kappa shape index (κ3) is 4.46. The molecular weight excluding hydrogens is 244 g/mol. The molecule has 2 nitrogen and oxygen atoms in total. The Kier molecular flexibility index (Phi) is 5.18. The minimum atomic E-state index is 0.246. The summed E-state index contributed by atoms with van der Waals surface area (Å²) in [5, 5.41) is 3.79. The van der Waals surface area contributed by atoms with E-state index in [1.165, 1.54) is 58.2 Å².